The van der Waals surface area contributed by atoms with Crippen LogP contribution in [0.15, 0.2) is 268 Å². The molecule has 0 bridgehead atoms. The number of halogens is 5. The first-order chi connectivity index (χ1) is 66.4. The van der Waals surface area contributed by atoms with Gasteiger partial charge in [0.05, 0.1) is 48.3 Å². The van der Waals surface area contributed by atoms with Crippen molar-refractivity contribution in [3.63, 3.8) is 0 Å². The number of fused-ring (bicyclic) bond motifs is 2. The Morgan fingerprint density at radius 2 is 1.04 bits per heavy atom. The Morgan fingerprint density at radius 1 is 0.522 bits per heavy atom. The number of piperazine rings is 3. The summed E-state index contributed by atoms with van der Waals surface area (Å²) >= 11 is 20.9. The van der Waals surface area contributed by atoms with Crippen LogP contribution in [0.2, 0.25) is 15.1 Å². The number of para-hydroxylation sites is 1. The molecule has 34 nitrogen and oxygen atoms in total. The van der Waals surface area contributed by atoms with Gasteiger partial charge in [-0.1, -0.05) is 53.0 Å². The van der Waals surface area contributed by atoms with E-state index in [9.17, 15) is 66.4 Å². The Hall–Kier alpha value is -13.2. The van der Waals surface area contributed by atoms with E-state index in [-0.39, 0.29) is 97.6 Å². The average molecular weight is 2060 g/mol. The van der Waals surface area contributed by atoms with Crippen molar-refractivity contribution in [2.24, 2.45) is 5.92 Å². The third-order valence-electron chi connectivity index (χ3n) is 23.1. The van der Waals surface area contributed by atoms with Gasteiger partial charge >= 0.3 is 0 Å². The minimum absolute atomic E-state index is 0. The average Bonchev–Trinajstić information content (AvgIpc) is 1.57. The van der Waals surface area contributed by atoms with Crippen LogP contribution in [0.25, 0.3) is 10.9 Å². The van der Waals surface area contributed by atoms with E-state index < -0.39 is 57.8 Å². The lowest BCUT2D eigenvalue weighted by molar-refractivity contribution is -0.137. The molecule has 5 amide bonds. The molecule has 730 valence electrons. The van der Waals surface area contributed by atoms with Crippen LogP contribution in [-0.2, 0) is 77.0 Å². The number of hydrogen-bond donors (Lipinski definition) is 5. The zero-order valence-corrected chi connectivity index (χ0v) is 81.1. The van der Waals surface area contributed by atoms with Crippen molar-refractivity contribution >= 4 is 194 Å². The van der Waals surface area contributed by atoms with E-state index in [0.717, 1.165) is 76.5 Å². The molecule has 45 heteroatoms. The molecule has 5 aliphatic rings. The normalized spacial score (nSPS) is 15.3. The molecule has 0 spiro atoms. The summed E-state index contributed by atoms with van der Waals surface area (Å²) in [5.41, 5.74) is 6.14. The van der Waals surface area contributed by atoms with Crippen molar-refractivity contribution in [1.29, 1.82) is 0 Å². The zero-order chi connectivity index (χ0) is 97.3. The van der Waals surface area contributed by atoms with Gasteiger partial charge in [0.1, 0.15) is 54.3 Å². The number of thiazole rings is 2. The lowest BCUT2D eigenvalue weighted by Gasteiger charge is -2.37. The fourth-order valence-corrected chi connectivity index (χ4v) is 22.2. The maximum atomic E-state index is 13.9. The third-order valence-corrected chi connectivity index (χ3v) is 31.1. The second-order valence-electron chi connectivity index (χ2n) is 32.0. The molecule has 0 saturated carbocycles. The number of sulfonamides is 4. The lowest BCUT2D eigenvalue weighted by atomic mass is 10.1. The monoisotopic (exact) mass is 2060 g/mol. The van der Waals surface area contributed by atoms with Crippen LogP contribution in [0.4, 0.5) is 64.8 Å². The van der Waals surface area contributed by atoms with Crippen molar-refractivity contribution in [2.75, 3.05) is 147 Å². The lowest BCUT2D eigenvalue weighted by Crippen LogP contribution is -2.52. The second-order valence-corrected chi connectivity index (χ2v) is 41.8. The van der Waals surface area contributed by atoms with E-state index in [1.165, 1.54) is 96.4 Å². The van der Waals surface area contributed by atoms with Gasteiger partial charge in [0.2, 0.25) is 29.5 Å². The van der Waals surface area contributed by atoms with Crippen LogP contribution in [0.3, 0.4) is 0 Å². The van der Waals surface area contributed by atoms with Crippen molar-refractivity contribution in [3.8, 4) is 5.75 Å². The van der Waals surface area contributed by atoms with Gasteiger partial charge in [-0.2, -0.15) is 0 Å². The SMILES string of the molecule is CC(Nc1ccc(F)cc1F)C(=O)N1CCN(c2ccc(S(=O)(=O)Nc3ccncn3)cc2)CC1.O=C(C1CCN(c2ccc(S(=O)(=O)Nc3nccs3)cc2)C1)N1CCc2c(Cl)cccc21.O=C(CCCOc1ccc(Cl)cc1)N1CCN(c2ccc(S(=O)(=O)Nc3ccncn3)cc2)CC1.O=C(CCn1ccc2cccc(Cl)c21)N1CCN(c2ccc(S(=O)(=O)Nc3nccs3)cc2)C(=O)C1.[HH].[HH].[HH].[HH].[HH]. The highest BCUT2D eigenvalue weighted by atomic mass is 35.5. The Kier molecular flexibility index (Phi) is 32.3. The van der Waals surface area contributed by atoms with Gasteiger partial charge in [0.25, 0.3) is 40.1 Å². The number of benzene rings is 8. The minimum Gasteiger partial charge on any atom is -0.494 e. The number of carbonyl (C=O) groups is 5. The highest BCUT2D eigenvalue weighted by Gasteiger charge is 2.37. The summed E-state index contributed by atoms with van der Waals surface area (Å²) in [6, 6.07) is 51.9. The van der Waals surface area contributed by atoms with Crippen molar-refractivity contribution in [1.82, 2.24) is 49.2 Å². The molecule has 18 rings (SSSR count). The largest absolute Gasteiger partial charge is 0.494 e. The summed E-state index contributed by atoms with van der Waals surface area (Å²) in [6.45, 7) is 9.86. The fraction of sp³-hybridized carbons (Fsp3) is 0.258. The molecular weight excluding hydrogens is 1960 g/mol. The summed E-state index contributed by atoms with van der Waals surface area (Å²) < 4.78 is 145. The van der Waals surface area contributed by atoms with Crippen LogP contribution in [0.5, 0.6) is 5.75 Å². The zero-order valence-electron chi connectivity index (χ0n) is 73.9. The van der Waals surface area contributed by atoms with Crippen LogP contribution < -0.4 is 53.4 Å². The number of ether oxygens (including phenoxy) is 1. The van der Waals surface area contributed by atoms with Crippen molar-refractivity contribution < 1.29 is 78.3 Å². The number of nitrogens with zero attached hydrogens (tertiary/aromatic N) is 15. The smallest absolute Gasteiger partial charge is 0.263 e. The maximum absolute atomic E-state index is 13.9. The van der Waals surface area contributed by atoms with Gasteiger partial charge in [0, 0.05) is 203 Å². The first kappa shape index (κ1) is 99.3. The summed E-state index contributed by atoms with van der Waals surface area (Å²) in [4.78, 5) is 103. The van der Waals surface area contributed by atoms with E-state index >= 15 is 0 Å². The van der Waals surface area contributed by atoms with Gasteiger partial charge < -0.3 is 53.8 Å². The molecule has 5 N–H and O–H groups in total. The topological polar surface area (TPSA) is 399 Å². The Balaban J connectivity index is 0.000000194. The summed E-state index contributed by atoms with van der Waals surface area (Å²) in [5, 5.41) is 9.81. The number of aryl methyl sites for hydroxylation is 1. The first-order valence-electron chi connectivity index (χ1n) is 43.5. The molecule has 0 radical (unpaired) electrons. The summed E-state index contributed by atoms with van der Waals surface area (Å²) in [7, 11) is -15.0. The highest BCUT2D eigenvalue weighted by Crippen LogP contribution is 2.38. The number of aromatic nitrogens is 7. The van der Waals surface area contributed by atoms with E-state index in [2.05, 4.69) is 68.8 Å². The number of rotatable bonds is 28. The van der Waals surface area contributed by atoms with E-state index in [1.54, 1.807) is 136 Å². The van der Waals surface area contributed by atoms with Crippen LogP contribution >= 0.6 is 57.5 Å². The number of hydrogen-bond acceptors (Lipinski definition) is 26. The summed E-state index contributed by atoms with van der Waals surface area (Å²) in [6.07, 6.45) is 13.3. The number of nitrogens with one attached hydrogen (secondary N) is 5. The standard InChI is InChI=1S/C24H22ClN5O4S2.C24H26ClN5O4S.C23H24F2N6O3S.C22H21ClN4O3S2.5H2/c25-20-3-1-2-17-8-11-28(23(17)20)12-9-21(31)29-13-14-30(22(32)16-29)18-4-6-19(7-5-18)36(33,34)27-24-26-10-15-35-24;25-19-3-7-21(8-4-19)34-17-1-2-24(31)30-15-13-29(14-16-30)20-5-9-22(10-6-20)35(32,33)28-23-11-12-26-18-27-23;1-16(28-21-7-2-17(24)14-20(21)25)23(32)31-12-10-30(11-13-31)18-3-5-19(6-4-18)35(33,34)29-22-8-9-26-15-27-22;23-19-2-1-3-20-18(19)9-12-27(20)21(28)15-8-11-26(14-15)16-4-6-17(7-5-16)32(29,30)25-22-24-10-13-31-22;;;;;/h1-8,10-11,15H,9,12-14,16H2,(H,26,27);3-12,18H,1-2,13-17H2,(H,26,27,28);2-9,14-16,28H,10-13H2,1H3,(H,26,27,29);1-7,10,13,15H,8-9,11-12,14H2,(H,24,25);5*1H. The molecule has 13 aromatic rings. The molecule has 4 saturated heterocycles. The van der Waals surface area contributed by atoms with Crippen molar-refractivity contribution in [3.05, 3.63) is 281 Å². The maximum Gasteiger partial charge on any atom is 0.263 e. The van der Waals surface area contributed by atoms with Crippen LogP contribution in [-0.4, -0.2) is 217 Å². The van der Waals surface area contributed by atoms with Gasteiger partial charge in [0.15, 0.2) is 10.3 Å². The Bertz CT molecular complexity index is 6960. The molecule has 2 unspecified atom stereocenters. The first-order valence-corrected chi connectivity index (χ1v) is 52.3. The molecule has 0 aliphatic carbocycles. The van der Waals surface area contributed by atoms with Gasteiger partial charge in [-0.05, 0) is 202 Å². The molecule has 2 atom stereocenters. The third kappa shape index (κ3) is 25.4. The predicted molar refractivity (Wildman–Crippen MR) is 539 cm³/mol. The molecule has 138 heavy (non-hydrogen) atoms. The highest BCUT2D eigenvalue weighted by molar-refractivity contribution is 7.93. The fourth-order valence-electron chi connectivity index (χ4n) is 16.0. The van der Waals surface area contributed by atoms with E-state index in [0.29, 0.717) is 130 Å². The van der Waals surface area contributed by atoms with Crippen LogP contribution in [0, 0.1) is 17.6 Å². The van der Waals surface area contributed by atoms with Crippen LogP contribution in [0.1, 0.15) is 45.3 Å². The quantitative estimate of drug-likeness (QED) is 0.0284. The van der Waals surface area contributed by atoms with Gasteiger partial charge in [-0.15, -0.1) is 22.7 Å². The van der Waals surface area contributed by atoms with Gasteiger partial charge in [-0.3, -0.25) is 42.9 Å². The predicted octanol–water partition coefficient (Wildman–Crippen LogP) is 15.2. The number of amides is 5. The molecule has 5 aliphatic heterocycles. The molecule has 5 aromatic heterocycles. The number of carbonyl (C=O) groups excluding carboxylic acids is 5. The van der Waals surface area contributed by atoms with E-state index in [4.69, 9.17) is 39.5 Å². The summed E-state index contributed by atoms with van der Waals surface area (Å²) in [5.74, 6) is -0.700. The Labute approximate surface area is 826 Å². The van der Waals surface area contributed by atoms with Crippen molar-refractivity contribution in [2.45, 2.75) is 71.2 Å². The molecule has 8 aromatic carbocycles. The minimum atomic E-state index is -3.79. The second kappa shape index (κ2) is 44.9. The van der Waals surface area contributed by atoms with E-state index in [1.807, 2.05) is 63.0 Å². The molecule has 4 fully saturated rings. The Morgan fingerprint density at radius 3 is 1.57 bits per heavy atom. The molecular formula is C93H103Cl3F2N20O14S6. The van der Waals surface area contributed by atoms with Gasteiger partial charge in [-0.25, -0.2) is 72.4 Å². The number of anilines is 10. The molecule has 10 heterocycles.